The van der Waals surface area contributed by atoms with Crippen LogP contribution >= 0.6 is 0 Å². The van der Waals surface area contributed by atoms with Crippen molar-refractivity contribution in [2.45, 2.75) is 111 Å². The molecule has 0 bridgehead atoms. The Kier molecular flexibility index (Phi) is 24.4. The minimum Gasteiger partial charge on any atom is -0.462 e. The summed E-state index contributed by atoms with van der Waals surface area (Å²) in [6, 6.07) is 17.2. The molecule has 0 heterocycles. The fourth-order valence-electron chi connectivity index (χ4n) is 5.69. The number of allylic oxidation sites excluding steroid dienone is 11. The average Bonchev–Trinajstić information content (AvgIpc) is 3.19. The standard InChI is InChI=1S/C48H62N2O5/c1-5-7-9-10-11-12-13-14-15-16-17-18-19-20-21-22-23-24-30-47(52)54-35-36-55-48(53)37-45(40(3)4)50(46(51)29-8-6-2)39-41-31-33-42(34-32-41)44-28-26-25-27-43(44)38-49/h7,9,11-12,14-15,17-18,20-21,23-28,31-34,40,45H,5-6,8,10,13,16,19,22,29-30,35-37,39H2,1-4H3/t45-/m1/s1. The van der Waals surface area contributed by atoms with Gasteiger partial charge in [0.1, 0.15) is 13.2 Å². The number of nitrogens with zero attached hydrogens (tertiary/aromatic N) is 2. The molecule has 7 heteroatoms. The zero-order valence-electron chi connectivity index (χ0n) is 33.5. The van der Waals surface area contributed by atoms with Gasteiger partial charge in [0.25, 0.3) is 0 Å². The Bertz CT molecular complexity index is 1640. The number of benzene rings is 2. The summed E-state index contributed by atoms with van der Waals surface area (Å²) in [6.07, 6.45) is 33.1. The number of carbonyl (C=O) groups is 3. The highest BCUT2D eigenvalue weighted by atomic mass is 16.6. The Morgan fingerprint density at radius 3 is 1.76 bits per heavy atom. The Morgan fingerprint density at radius 1 is 0.709 bits per heavy atom. The summed E-state index contributed by atoms with van der Waals surface area (Å²) in [4.78, 5) is 40.4. The van der Waals surface area contributed by atoms with Crippen molar-refractivity contribution in [1.29, 1.82) is 5.26 Å². The third-order valence-corrected chi connectivity index (χ3v) is 8.77. The van der Waals surface area contributed by atoms with E-state index in [4.69, 9.17) is 9.47 Å². The predicted octanol–water partition coefficient (Wildman–Crippen LogP) is 11.3. The fraction of sp³-hybridized carbons (Fsp3) is 0.417. The highest BCUT2D eigenvalue weighted by Crippen LogP contribution is 2.26. The number of unbranched alkanes of at least 4 members (excludes halogenated alkanes) is 1. The number of ether oxygens (including phenoxy) is 2. The number of rotatable bonds is 26. The molecule has 0 aliphatic rings. The van der Waals surface area contributed by atoms with Gasteiger partial charge in [-0.25, -0.2) is 0 Å². The Morgan fingerprint density at radius 2 is 1.24 bits per heavy atom. The van der Waals surface area contributed by atoms with Crippen LogP contribution in [0.2, 0.25) is 0 Å². The van der Waals surface area contributed by atoms with E-state index in [2.05, 4.69) is 73.8 Å². The molecule has 2 aromatic carbocycles. The SMILES string of the molecule is CCC=CCC=CCC=CCC=CCC=CCC=CCC(=O)OCCOC(=O)C[C@H](C(C)C)N(Cc1ccc(-c2ccccc2C#N)cc1)C(=O)CCCC. The van der Waals surface area contributed by atoms with Gasteiger partial charge in [-0.3, -0.25) is 14.4 Å². The van der Waals surface area contributed by atoms with Crippen molar-refractivity contribution >= 4 is 17.8 Å². The first kappa shape index (κ1) is 45.9. The van der Waals surface area contributed by atoms with Crippen molar-refractivity contribution in [3.05, 3.63) is 133 Å². The van der Waals surface area contributed by atoms with E-state index in [1.165, 1.54) is 0 Å². The van der Waals surface area contributed by atoms with Crippen molar-refractivity contribution in [1.82, 2.24) is 4.90 Å². The van der Waals surface area contributed by atoms with E-state index < -0.39 is 5.97 Å². The van der Waals surface area contributed by atoms with E-state index >= 15 is 0 Å². The molecule has 2 rings (SSSR count). The summed E-state index contributed by atoms with van der Waals surface area (Å²) >= 11 is 0. The minimum atomic E-state index is -0.441. The van der Waals surface area contributed by atoms with Gasteiger partial charge in [0.05, 0.1) is 24.5 Å². The first-order chi connectivity index (χ1) is 26.8. The summed E-state index contributed by atoms with van der Waals surface area (Å²) in [5.41, 5.74) is 3.31. The molecule has 55 heavy (non-hydrogen) atoms. The molecule has 0 radical (unpaired) electrons. The molecule has 1 amide bonds. The lowest BCUT2D eigenvalue weighted by Gasteiger charge is -2.34. The second-order valence-corrected chi connectivity index (χ2v) is 13.6. The van der Waals surface area contributed by atoms with Crippen molar-refractivity contribution < 1.29 is 23.9 Å². The summed E-state index contributed by atoms with van der Waals surface area (Å²) in [6.45, 7) is 8.46. The molecule has 2 aromatic rings. The summed E-state index contributed by atoms with van der Waals surface area (Å²) in [7, 11) is 0. The van der Waals surface area contributed by atoms with E-state index in [1.807, 2.05) is 69.3 Å². The fourth-order valence-corrected chi connectivity index (χ4v) is 5.69. The number of hydrogen-bond donors (Lipinski definition) is 0. The lowest BCUT2D eigenvalue weighted by atomic mass is 9.96. The van der Waals surface area contributed by atoms with Gasteiger partial charge in [0, 0.05) is 19.0 Å². The number of amides is 1. The van der Waals surface area contributed by atoms with E-state index in [-0.39, 0.29) is 49.9 Å². The van der Waals surface area contributed by atoms with Crippen LogP contribution in [0.15, 0.2) is 121 Å². The van der Waals surface area contributed by atoms with Crippen LogP contribution in [0.25, 0.3) is 11.1 Å². The zero-order chi connectivity index (χ0) is 39.9. The van der Waals surface area contributed by atoms with Crippen LogP contribution in [0.3, 0.4) is 0 Å². The van der Waals surface area contributed by atoms with Crippen LogP contribution in [-0.2, 0) is 30.4 Å². The highest BCUT2D eigenvalue weighted by Gasteiger charge is 2.29. The summed E-state index contributed by atoms with van der Waals surface area (Å²) in [5, 5.41) is 9.52. The van der Waals surface area contributed by atoms with Gasteiger partial charge in [-0.2, -0.15) is 5.26 Å². The Balaban J connectivity index is 1.75. The van der Waals surface area contributed by atoms with Gasteiger partial charge in [0.15, 0.2) is 0 Å². The van der Waals surface area contributed by atoms with Crippen molar-refractivity contribution in [3.63, 3.8) is 0 Å². The maximum absolute atomic E-state index is 13.5. The molecule has 7 nitrogen and oxygen atoms in total. The molecule has 0 saturated heterocycles. The predicted molar refractivity (Wildman–Crippen MR) is 225 cm³/mol. The molecule has 0 aliphatic carbocycles. The quantitative estimate of drug-likeness (QED) is 0.0540. The maximum atomic E-state index is 13.5. The molecule has 0 N–H and O–H groups in total. The van der Waals surface area contributed by atoms with Crippen molar-refractivity contribution in [2.75, 3.05) is 13.2 Å². The van der Waals surface area contributed by atoms with Gasteiger partial charge in [-0.15, -0.1) is 0 Å². The van der Waals surface area contributed by atoms with Gasteiger partial charge >= 0.3 is 11.9 Å². The van der Waals surface area contributed by atoms with Crippen molar-refractivity contribution in [3.8, 4) is 17.2 Å². The zero-order valence-corrected chi connectivity index (χ0v) is 33.5. The number of hydrogen-bond acceptors (Lipinski definition) is 6. The molecule has 1 atom stereocenters. The first-order valence-corrected chi connectivity index (χ1v) is 19.9. The normalized spacial score (nSPS) is 12.5. The van der Waals surface area contributed by atoms with Crippen molar-refractivity contribution in [2.24, 2.45) is 5.92 Å². The monoisotopic (exact) mass is 746 g/mol. The molecular formula is C48H62N2O5. The van der Waals surface area contributed by atoms with Gasteiger partial charge in [0.2, 0.25) is 5.91 Å². The highest BCUT2D eigenvalue weighted by molar-refractivity contribution is 5.78. The first-order valence-electron chi connectivity index (χ1n) is 19.9. The summed E-state index contributed by atoms with van der Waals surface area (Å²) in [5.74, 6) is -0.830. The topological polar surface area (TPSA) is 96.7 Å². The van der Waals surface area contributed by atoms with Gasteiger partial charge < -0.3 is 14.4 Å². The minimum absolute atomic E-state index is 0.000807. The van der Waals surface area contributed by atoms with Crippen LogP contribution in [0.4, 0.5) is 0 Å². The third-order valence-electron chi connectivity index (χ3n) is 8.77. The van der Waals surface area contributed by atoms with E-state index in [0.717, 1.165) is 68.1 Å². The average molecular weight is 747 g/mol. The molecule has 0 saturated carbocycles. The van der Waals surface area contributed by atoms with Crippen LogP contribution < -0.4 is 0 Å². The second-order valence-electron chi connectivity index (χ2n) is 13.6. The number of carbonyl (C=O) groups excluding carboxylic acids is 3. The third kappa shape index (κ3) is 20.2. The Labute approximate surface area is 330 Å². The van der Waals surface area contributed by atoms with Crippen LogP contribution in [0.5, 0.6) is 0 Å². The number of esters is 2. The molecule has 0 aliphatic heterocycles. The smallest absolute Gasteiger partial charge is 0.309 e. The maximum Gasteiger partial charge on any atom is 0.309 e. The van der Waals surface area contributed by atoms with E-state index in [1.54, 1.807) is 17.0 Å². The van der Waals surface area contributed by atoms with E-state index in [9.17, 15) is 19.6 Å². The molecule has 294 valence electrons. The Hall–Kier alpha value is -5.22. The van der Waals surface area contributed by atoms with Crippen LogP contribution in [0, 0.1) is 17.2 Å². The molecule has 0 unspecified atom stereocenters. The molecule has 0 fully saturated rings. The lowest BCUT2D eigenvalue weighted by Crippen LogP contribution is -2.44. The molecule has 0 aromatic heterocycles. The summed E-state index contributed by atoms with van der Waals surface area (Å²) < 4.78 is 10.7. The lowest BCUT2D eigenvalue weighted by molar-refractivity contribution is -0.153. The largest absolute Gasteiger partial charge is 0.462 e. The molecular weight excluding hydrogens is 685 g/mol. The van der Waals surface area contributed by atoms with Gasteiger partial charge in [-0.05, 0) is 73.6 Å². The van der Waals surface area contributed by atoms with Gasteiger partial charge in [-0.1, -0.05) is 149 Å². The van der Waals surface area contributed by atoms with Crippen LogP contribution in [0.1, 0.15) is 109 Å². The second kappa shape index (κ2) is 29.2. The van der Waals surface area contributed by atoms with E-state index in [0.29, 0.717) is 18.5 Å². The number of nitriles is 1. The van der Waals surface area contributed by atoms with Crippen LogP contribution in [-0.4, -0.2) is 42.0 Å². The molecule has 0 spiro atoms.